The predicted octanol–water partition coefficient (Wildman–Crippen LogP) is 6.47. The molecule has 2 aliphatic heterocycles. The fraction of sp³-hybridized carbons (Fsp3) is 0.323. The summed E-state index contributed by atoms with van der Waals surface area (Å²) in [6.07, 6.45) is 8.05. The standard InChI is InChI=1S/C31H31Cl2N5S/c32-25-5-3-4-23(8-11-25)30(24-9-12-26(33)13-10-24)37-16-14-36(15-17-37)22-29-34-28-7-2-1-6-27(28)31(35-29)38-18-20-39-21-19-38/h1-4,6-13,30H,14-22H2. The molecule has 1 unspecified atom stereocenters. The first kappa shape index (κ1) is 26.6. The van der Waals surface area contributed by atoms with E-state index in [0.29, 0.717) is 5.03 Å². The zero-order chi connectivity index (χ0) is 26.6. The molecular formula is C31H31Cl2N5S. The summed E-state index contributed by atoms with van der Waals surface area (Å²) in [6.45, 7) is 6.60. The maximum atomic E-state index is 6.24. The molecule has 0 spiro atoms. The zero-order valence-electron chi connectivity index (χ0n) is 21.8. The van der Waals surface area contributed by atoms with Crippen LogP contribution >= 0.6 is 35.0 Å². The van der Waals surface area contributed by atoms with Crippen LogP contribution in [0.15, 0.2) is 89.2 Å². The number of allylic oxidation sites excluding steroid dienone is 3. The van der Waals surface area contributed by atoms with Crippen molar-refractivity contribution in [2.45, 2.75) is 12.6 Å². The van der Waals surface area contributed by atoms with Gasteiger partial charge in [0, 0.05) is 61.2 Å². The summed E-state index contributed by atoms with van der Waals surface area (Å²) in [5, 5.41) is 2.51. The van der Waals surface area contributed by atoms with E-state index in [1.54, 1.807) is 0 Å². The largest absolute Gasteiger partial charge is 0.354 e. The average Bonchev–Trinajstić information content (AvgIpc) is 3.19. The van der Waals surface area contributed by atoms with Gasteiger partial charge in [0.25, 0.3) is 0 Å². The highest BCUT2D eigenvalue weighted by Gasteiger charge is 2.28. The summed E-state index contributed by atoms with van der Waals surface area (Å²) in [7, 11) is 0. The molecule has 8 heteroatoms. The van der Waals surface area contributed by atoms with Crippen molar-refractivity contribution in [1.29, 1.82) is 0 Å². The van der Waals surface area contributed by atoms with E-state index >= 15 is 0 Å². The van der Waals surface area contributed by atoms with E-state index in [0.717, 1.165) is 84.9 Å². The van der Waals surface area contributed by atoms with Crippen molar-refractivity contribution in [2.24, 2.45) is 0 Å². The van der Waals surface area contributed by atoms with E-state index < -0.39 is 0 Å². The Hall–Kier alpha value is -2.57. The van der Waals surface area contributed by atoms with Crippen LogP contribution in [-0.4, -0.2) is 70.5 Å². The molecule has 1 aromatic heterocycles. The normalized spacial score (nSPS) is 19.6. The minimum absolute atomic E-state index is 0.113. The van der Waals surface area contributed by atoms with E-state index in [1.807, 2.05) is 36.0 Å². The number of rotatable bonds is 6. The van der Waals surface area contributed by atoms with Crippen LogP contribution in [0, 0.1) is 0 Å². The van der Waals surface area contributed by atoms with Crippen LogP contribution < -0.4 is 4.90 Å². The SMILES string of the molecule is ClC1=C=CC=C(C(c2ccc(Cl)cc2)N2CCN(Cc3nc(N4CCSCC4)c4ccccc4n3)CC2)C=C1. The van der Waals surface area contributed by atoms with Crippen molar-refractivity contribution >= 4 is 51.7 Å². The summed E-state index contributed by atoms with van der Waals surface area (Å²) in [6, 6.07) is 16.7. The van der Waals surface area contributed by atoms with Crippen LogP contribution in [0.2, 0.25) is 5.02 Å². The molecule has 2 saturated heterocycles. The summed E-state index contributed by atoms with van der Waals surface area (Å²) < 4.78 is 0. The van der Waals surface area contributed by atoms with Crippen LogP contribution in [0.4, 0.5) is 5.82 Å². The Morgan fingerprint density at radius 2 is 1.64 bits per heavy atom. The van der Waals surface area contributed by atoms with Gasteiger partial charge in [-0.05, 0) is 53.6 Å². The molecule has 5 nitrogen and oxygen atoms in total. The Labute approximate surface area is 244 Å². The monoisotopic (exact) mass is 575 g/mol. The second kappa shape index (κ2) is 12.3. The number of nitrogens with zero attached hydrogens (tertiary/aromatic N) is 5. The van der Waals surface area contributed by atoms with Crippen molar-refractivity contribution in [1.82, 2.24) is 19.8 Å². The summed E-state index contributed by atoms with van der Waals surface area (Å²) in [5.74, 6) is 4.29. The molecule has 1 aliphatic carbocycles. The van der Waals surface area contributed by atoms with E-state index in [1.165, 1.54) is 11.1 Å². The molecule has 2 fully saturated rings. The van der Waals surface area contributed by atoms with E-state index in [4.69, 9.17) is 33.2 Å². The molecule has 39 heavy (non-hydrogen) atoms. The van der Waals surface area contributed by atoms with Gasteiger partial charge in [0.1, 0.15) is 11.6 Å². The van der Waals surface area contributed by atoms with Crippen molar-refractivity contribution in [3.63, 3.8) is 0 Å². The average molecular weight is 577 g/mol. The topological polar surface area (TPSA) is 35.5 Å². The number of para-hydroxylation sites is 1. The lowest BCUT2D eigenvalue weighted by molar-refractivity contribution is 0.103. The van der Waals surface area contributed by atoms with Gasteiger partial charge in [-0.1, -0.05) is 53.5 Å². The molecule has 0 amide bonds. The van der Waals surface area contributed by atoms with Gasteiger partial charge in [-0.15, -0.1) is 5.73 Å². The van der Waals surface area contributed by atoms with E-state index in [-0.39, 0.29) is 6.04 Å². The third-order valence-electron chi connectivity index (χ3n) is 7.50. The van der Waals surface area contributed by atoms with Crippen LogP contribution in [-0.2, 0) is 6.54 Å². The smallest absolute Gasteiger partial charge is 0.145 e. The molecule has 3 aliphatic rings. The second-order valence-corrected chi connectivity index (χ2v) is 12.1. The highest BCUT2D eigenvalue weighted by molar-refractivity contribution is 7.99. The number of benzene rings is 2. The van der Waals surface area contributed by atoms with Gasteiger partial charge in [-0.2, -0.15) is 11.8 Å². The predicted molar refractivity (Wildman–Crippen MR) is 165 cm³/mol. The molecular weight excluding hydrogens is 545 g/mol. The van der Waals surface area contributed by atoms with Gasteiger partial charge >= 0.3 is 0 Å². The lowest BCUT2D eigenvalue weighted by Crippen LogP contribution is -2.47. The lowest BCUT2D eigenvalue weighted by Gasteiger charge is -2.40. The number of thioether (sulfide) groups is 1. The Bertz CT molecular complexity index is 1450. The van der Waals surface area contributed by atoms with E-state index in [9.17, 15) is 0 Å². The maximum absolute atomic E-state index is 6.24. The quantitative estimate of drug-likeness (QED) is 0.313. The molecule has 1 atom stereocenters. The Kier molecular flexibility index (Phi) is 8.40. The molecule has 0 radical (unpaired) electrons. The third-order valence-corrected chi connectivity index (χ3v) is 8.93. The van der Waals surface area contributed by atoms with Crippen molar-refractivity contribution in [2.75, 3.05) is 55.7 Å². The number of halogens is 2. The molecule has 0 N–H and O–H groups in total. The van der Waals surface area contributed by atoms with Gasteiger partial charge in [0.15, 0.2) is 0 Å². The summed E-state index contributed by atoms with van der Waals surface area (Å²) >= 11 is 14.5. The van der Waals surface area contributed by atoms with Gasteiger partial charge in [0.2, 0.25) is 0 Å². The molecule has 0 bridgehead atoms. The fourth-order valence-electron chi connectivity index (χ4n) is 5.51. The minimum Gasteiger partial charge on any atom is -0.354 e. The Morgan fingerprint density at radius 1 is 0.872 bits per heavy atom. The second-order valence-electron chi connectivity index (χ2n) is 10.0. The highest BCUT2D eigenvalue weighted by Crippen LogP contribution is 2.33. The van der Waals surface area contributed by atoms with Crippen molar-refractivity contribution < 1.29 is 0 Å². The third kappa shape index (κ3) is 6.28. The first-order valence-corrected chi connectivity index (χ1v) is 15.4. The molecule has 200 valence electrons. The minimum atomic E-state index is 0.113. The number of hydrogen-bond acceptors (Lipinski definition) is 6. The van der Waals surface area contributed by atoms with Crippen molar-refractivity contribution in [3.05, 3.63) is 106 Å². The first-order valence-electron chi connectivity index (χ1n) is 13.4. The molecule has 0 saturated carbocycles. The maximum Gasteiger partial charge on any atom is 0.145 e. The molecule has 6 rings (SSSR count). The van der Waals surface area contributed by atoms with Crippen LogP contribution in [0.3, 0.4) is 0 Å². The Morgan fingerprint density at radius 3 is 2.44 bits per heavy atom. The van der Waals surface area contributed by atoms with Gasteiger partial charge < -0.3 is 4.90 Å². The summed E-state index contributed by atoms with van der Waals surface area (Å²) in [4.78, 5) is 17.5. The van der Waals surface area contributed by atoms with Crippen LogP contribution in [0.25, 0.3) is 10.9 Å². The summed E-state index contributed by atoms with van der Waals surface area (Å²) in [5.41, 5.74) is 6.54. The molecule has 3 aromatic rings. The number of fused-ring (bicyclic) bond motifs is 1. The fourth-order valence-corrected chi connectivity index (χ4v) is 6.66. The number of hydrogen-bond donors (Lipinski definition) is 0. The number of anilines is 1. The zero-order valence-corrected chi connectivity index (χ0v) is 24.1. The number of piperazine rings is 1. The van der Waals surface area contributed by atoms with E-state index in [2.05, 4.69) is 69.0 Å². The van der Waals surface area contributed by atoms with Gasteiger partial charge in [0.05, 0.1) is 23.1 Å². The van der Waals surface area contributed by atoms with Crippen molar-refractivity contribution in [3.8, 4) is 0 Å². The lowest BCUT2D eigenvalue weighted by atomic mass is 9.95. The van der Waals surface area contributed by atoms with Crippen LogP contribution in [0.1, 0.15) is 17.4 Å². The molecule has 3 heterocycles. The first-order chi connectivity index (χ1) is 19.1. The molecule has 2 aromatic carbocycles. The highest BCUT2D eigenvalue weighted by atomic mass is 35.5. The van der Waals surface area contributed by atoms with Crippen LogP contribution in [0.5, 0.6) is 0 Å². The number of aromatic nitrogens is 2. The Balaban J connectivity index is 1.20. The van der Waals surface area contributed by atoms with Gasteiger partial charge in [-0.3, -0.25) is 9.80 Å². The van der Waals surface area contributed by atoms with Gasteiger partial charge in [-0.25, -0.2) is 9.97 Å².